The van der Waals surface area contributed by atoms with Gasteiger partial charge in [0.05, 0.1) is 11.1 Å². The van der Waals surface area contributed by atoms with Gasteiger partial charge >= 0.3 is 6.03 Å². The Balaban J connectivity index is 1.84. The van der Waals surface area contributed by atoms with Gasteiger partial charge in [0.2, 0.25) is 0 Å². The summed E-state index contributed by atoms with van der Waals surface area (Å²) in [4.78, 5) is 12.7. The molecule has 25 heavy (non-hydrogen) atoms. The van der Waals surface area contributed by atoms with Crippen molar-refractivity contribution in [3.05, 3.63) is 65.2 Å². The van der Waals surface area contributed by atoms with Gasteiger partial charge in [-0.2, -0.15) is 0 Å². The third-order valence-corrected chi connectivity index (χ3v) is 4.75. The van der Waals surface area contributed by atoms with Crippen LogP contribution in [-0.4, -0.2) is 18.2 Å². The molecule has 2 aromatic carbocycles. The molecular weight excluding hydrogens is 336 g/mol. The maximum atomic E-state index is 12.7. The van der Waals surface area contributed by atoms with Gasteiger partial charge in [-0.1, -0.05) is 48.0 Å². The molecule has 1 saturated heterocycles. The maximum Gasteiger partial charge on any atom is 0.319 e. The smallest absolute Gasteiger partial charge is 0.319 e. The van der Waals surface area contributed by atoms with Crippen molar-refractivity contribution in [3.63, 3.8) is 0 Å². The lowest BCUT2D eigenvalue weighted by Gasteiger charge is -2.45. The SMILES string of the molecule is CC1(C)CC(NC(=O)Nc2cccc(Cl)c2)(c2ccccc2)CCO1. The molecule has 1 unspecified atom stereocenters. The van der Waals surface area contributed by atoms with Gasteiger partial charge < -0.3 is 15.4 Å². The number of anilines is 1. The lowest BCUT2D eigenvalue weighted by atomic mass is 9.76. The van der Waals surface area contributed by atoms with Crippen molar-refractivity contribution < 1.29 is 9.53 Å². The summed E-state index contributed by atoms with van der Waals surface area (Å²) in [5.74, 6) is 0. The first-order chi connectivity index (χ1) is 11.9. The van der Waals surface area contributed by atoms with Crippen molar-refractivity contribution in [1.82, 2.24) is 5.32 Å². The minimum Gasteiger partial charge on any atom is -0.375 e. The molecule has 1 aliphatic heterocycles. The molecule has 1 fully saturated rings. The van der Waals surface area contributed by atoms with Gasteiger partial charge in [-0.25, -0.2) is 4.79 Å². The van der Waals surface area contributed by atoms with E-state index in [9.17, 15) is 4.79 Å². The van der Waals surface area contributed by atoms with Crippen molar-refractivity contribution >= 4 is 23.3 Å². The molecule has 0 aromatic heterocycles. The summed E-state index contributed by atoms with van der Waals surface area (Å²) in [7, 11) is 0. The fourth-order valence-electron chi connectivity index (χ4n) is 3.50. The molecule has 1 heterocycles. The molecule has 1 aliphatic rings. The van der Waals surface area contributed by atoms with E-state index in [2.05, 4.69) is 36.6 Å². The van der Waals surface area contributed by atoms with E-state index < -0.39 is 5.54 Å². The number of rotatable bonds is 3. The average molecular weight is 359 g/mol. The van der Waals surface area contributed by atoms with Crippen molar-refractivity contribution in [2.45, 2.75) is 37.8 Å². The lowest BCUT2D eigenvalue weighted by molar-refractivity contribution is -0.0866. The number of halogens is 1. The number of urea groups is 1. The number of hydrogen-bond acceptors (Lipinski definition) is 2. The van der Waals surface area contributed by atoms with Crippen LogP contribution in [0.15, 0.2) is 54.6 Å². The Hall–Kier alpha value is -2.04. The number of nitrogens with one attached hydrogen (secondary N) is 2. The molecule has 132 valence electrons. The molecule has 0 saturated carbocycles. The Morgan fingerprint density at radius 2 is 1.88 bits per heavy atom. The van der Waals surface area contributed by atoms with E-state index in [4.69, 9.17) is 16.3 Å². The first-order valence-electron chi connectivity index (χ1n) is 8.43. The zero-order valence-corrected chi connectivity index (χ0v) is 15.3. The summed E-state index contributed by atoms with van der Waals surface area (Å²) in [5.41, 5.74) is 0.982. The van der Waals surface area contributed by atoms with Crippen LogP contribution in [0, 0.1) is 0 Å². The number of carbonyl (C=O) groups is 1. The summed E-state index contributed by atoms with van der Waals surface area (Å²) >= 11 is 5.99. The minimum atomic E-state index is -0.467. The van der Waals surface area contributed by atoms with Crippen LogP contribution in [0.4, 0.5) is 10.5 Å². The molecule has 2 amide bonds. The standard InChI is InChI=1S/C20H23ClN2O2/c1-19(2)14-20(11-12-25-19,15-7-4-3-5-8-15)23-18(24)22-17-10-6-9-16(21)13-17/h3-10,13H,11-12,14H2,1-2H3,(H2,22,23,24). The molecule has 1 atom stereocenters. The molecule has 4 nitrogen and oxygen atoms in total. The summed E-state index contributed by atoms with van der Waals surface area (Å²) in [5, 5.41) is 6.66. The number of hydrogen-bond donors (Lipinski definition) is 2. The van der Waals surface area contributed by atoms with Crippen LogP contribution in [0.5, 0.6) is 0 Å². The second-order valence-electron chi connectivity index (χ2n) is 7.07. The zero-order valence-electron chi connectivity index (χ0n) is 14.5. The maximum absolute atomic E-state index is 12.7. The highest BCUT2D eigenvalue weighted by Gasteiger charge is 2.43. The Kier molecular flexibility index (Phi) is 5.02. The molecule has 2 N–H and O–H groups in total. The van der Waals surface area contributed by atoms with Crippen LogP contribution < -0.4 is 10.6 Å². The number of amides is 2. The molecule has 0 bridgehead atoms. The molecule has 5 heteroatoms. The van der Waals surface area contributed by atoms with Gasteiger partial charge in [-0.3, -0.25) is 0 Å². The predicted molar refractivity (Wildman–Crippen MR) is 101 cm³/mol. The van der Waals surface area contributed by atoms with Gasteiger partial charge in [-0.15, -0.1) is 0 Å². The van der Waals surface area contributed by atoms with E-state index in [0.717, 1.165) is 12.0 Å². The van der Waals surface area contributed by atoms with Crippen LogP contribution in [-0.2, 0) is 10.3 Å². The van der Waals surface area contributed by atoms with Gasteiger partial charge in [0.15, 0.2) is 0 Å². The van der Waals surface area contributed by atoms with E-state index in [1.54, 1.807) is 12.1 Å². The first kappa shape index (κ1) is 17.8. The third-order valence-electron chi connectivity index (χ3n) is 4.51. The normalized spacial score (nSPS) is 22.2. The molecule has 0 radical (unpaired) electrons. The van der Waals surface area contributed by atoms with Crippen LogP contribution in [0.2, 0.25) is 5.02 Å². The molecular formula is C20H23ClN2O2. The highest BCUT2D eigenvalue weighted by Crippen LogP contribution is 2.39. The van der Waals surface area contributed by atoms with Gasteiger partial charge in [-0.05, 0) is 44.0 Å². The van der Waals surface area contributed by atoms with E-state index in [1.165, 1.54) is 0 Å². The third kappa shape index (κ3) is 4.33. The average Bonchev–Trinajstić information content (AvgIpc) is 2.54. The summed E-state index contributed by atoms with van der Waals surface area (Å²) in [6.45, 7) is 4.71. The quantitative estimate of drug-likeness (QED) is 0.815. The fourth-order valence-corrected chi connectivity index (χ4v) is 3.69. The lowest BCUT2D eigenvalue weighted by Crippen LogP contribution is -2.55. The monoisotopic (exact) mass is 358 g/mol. The Morgan fingerprint density at radius 1 is 1.12 bits per heavy atom. The number of carbonyl (C=O) groups excluding carboxylic acids is 1. The molecule has 3 rings (SSSR count). The molecule has 2 aromatic rings. The Morgan fingerprint density at radius 3 is 2.56 bits per heavy atom. The van der Waals surface area contributed by atoms with Crippen molar-refractivity contribution in [1.29, 1.82) is 0 Å². The van der Waals surface area contributed by atoms with Crippen molar-refractivity contribution in [2.24, 2.45) is 0 Å². The van der Waals surface area contributed by atoms with E-state index in [0.29, 0.717) is 23.7 Å². The van der Waals surface area contributed by atoms with Crippen molar-refractivity contribution in [3.8, 4) is 0 Å². The first-order valence-corrected chi connectivity index (χ1v) is 8.81. The Bertz CT molecular complexity index is 748. The predicted octanol–water partition coefficient (Wildman–Crippen LogP) is 4.95. The second-order valence-corrected chi connectivity index (χ2v) is 7.51. The van der Waals surface area contributed by atoms with Gasteiger partial charge in [0, 0.05) is 23.7 Å². The van der Waals surface area contributed by atoms with E-state index in [-0.39, 0.29) is 11.6 Å². The van der Waals surface area contributed by atoms with Crippen LogP contribution in [0.25, 0.3) is 0 Å². The fraction of sp³-hybridized carbons (Fsp3) is 0.350. The van der Waals surface area contributed by atoms with Gasteiger partial charge in [0.1, 0.15) is 0 Å². The second kappa shape index (κ2) is 7.06. The molecule has 0 spiro atoms. The number of ether oxygens (including phenoxy) is 1. The highest BCUT2D eigenvalue weighted by atomic mass is 35.5. The van der Waals surface area contributed by atoms with Crippen LogP contribution in [0.3, 0.4) is 0 Å². The van der Waals surface area contributed by atoms with Crippen molar-refractivity contribution in [2.75, 3.05) is 11.9 Å². The van der Waals surface area contributed by atoms with Gasteiger partial charge in [0.25, 0.3) is 0 Å². The topological polar surface area (TPSA) is 50.4 Å². The zero-order chi connectivity index (χ0) is 17.9. The highest BCUT2D eigenvalue weighted by molar-refractivity contribution is 6.30. The van der Waals surface area contributed by atoms with E-state index >= 15 is 0 Å². The number of benzene rings is 2. The largest absolute Gasteiger partial charge is 0.375 e. The summed E-state index contributed by atoms with van der Waals surface area (Å²) in [6, 6.07) is 17.0. The summed E-state index contributed by atoms with van der Waals surface area (Å²) < 4.78 is 5.87. The summed E-state index contributed by atoms with van der Waals surface area (Å²) in [6.07, 6.45) is 1.43. The van der Waals surface area contributed by atoms with Crippen LogP contribution in [0.1, 0.15) is 32.3 Å². The van der Waals surface area contributed by atoms with E-state index in [1.807, 2.05) is 30.3 Å². The Labute approximate surface area is 153 Å². The molecule has 0 aliphatic carbocycles. The minimum absolute atomic E-state index is 0.246. The van der Waals surface area contributed by atoms with Crippen LogP contribution >= 0.6 is 11.6 Å².